The number of carbonyl (C=O) groups excluding carboxylic acids is 2. The lowest BCUT2D eigenvalue weighted by molar-refractivity contribution is -0.150. The normalized spacial score (nSPS) is 16.3. The Bertz CT molecular complexity index is 461. The van der Waals surface area contributed by atoms with Crippen LogP contribution in [0.3, 0.4) is 0 Å². The molecule has 0 spiro atoms. The van der Waals surface area contributed by atoms with Gasteiger partial charge in [0.15, 0.2) is 5.13 Å². The van der Waals surface area contributed by atoms with Crippen molar-refractivity contribution >= 4 is 28.3 Å². The van der Waals surface area contributed by atoms with Crippen LogP contribution < -0.4 is 11.3 Å². The average molecular weight is 269 g/mol. The smallest absolute Gasteiger partial charge is 0.242 e. The fourth-order valence-corrected chi connectivity index (χ4v) is 2.51. The molecule has 8 heteroatoms. The van der Waals surface area contributed by atoms with Crippen molar-refractivity contribution in [2.75, 3.05) is 25.1 Å². The van der Waals surface area contributed by atoms with Gasteiger partial charge in [-0.25, -0.2) is 10.8 Å². The number of piperazine rings is 1. The van der Waals surface area contributed by atoms with Crippen molar-refractivity contribution in [3.8, 4) is 0 Å². The number of hydrazine groups is 1. The van der Waals surface area contributed by atoms with Gasteiger partial charge in [-0.1, -0.05) is 11.3 Å². The first-order valence-electron chi connectivity index (χ1n) is 5.61. The Morgan fingerprint density at radius 1 is 1.39 bits per heavy atom. The first kappa shape index (κ1) is 12.8. The minimum absolute atomic E-state index is 0.0150. The molecule has 2 amide bonds. The van der Waals surface area contributed by atoms with Gasteiger partial charge in [-0.05, 0) is 6.92 Å². The summed E-state index contributed by atoms with van der Waals surface area (Å²) in [6.07, 6.45) is 1.66. The highest BCUT2D eigenvalue weighted by molar-refractivity contribution is 7.15. The number of nitrogens with one attached hydrogen (secondary N) is 1. The van der Waals surface area contributed by atoms with Crippen molar-refractivity contribution in [2.45, 2.75) is 13.5 Å². The van der Waals surface area contributed by atoms with E-state index in [-0.39, 0.29) is 24.9 Å². The highest BCUT2D eigenvalue weighted by Gasteiger charge is 2.29. The predicted molar refractivity (Wildman–Crippen MR) is 67.6 cm³/mol. The molecule has 3 N–H and O–H groups in total. The van der Waals surface area contributed by atoms with Crippen molar-refractivity contribution in [2.24, 2.45) is 5.84 Å². The van der Waals surface area contributed by atoms with Crippen LogP contribution in [0.4, 0.5) is 5.13 Å². The monoisotopic (exact) mass is 269 g/mol. The number of nitrogen functional groups attached to an aromatic ring is 1. The zero-order chi connectivity index (χ0) is 13.1. The Hall–Kier alpha value is -1.67. The van der Waals surface area contributed by atoms with E-state index < -0.39 is 0 Å². The lowest BCUT2D eigenvalue weighted by Crippen LogP contribution is -2.53. The molecular formula is C10H15N5O2S. The van der Waals surface area contributed by atoms with Crippen LogP contribution in [0.1, 0.15) is 11.8 Å². The minimum Gasteiger partial charge on any atom is -0.332 e. The molecule has 0 aromatic carbocycles. The number of nitrogens with zero attached hydrogens (tertiary/aromatic N) is 3. The quantitative estimate of drug-likeness (QED) is 0.574. The number of thiazole rings is 1. The average Bonchev–Trinajstić information content (AvgIpc) is 2.81. The molecule has 0 bridgehead atoms. The summed E-state index contributed by atoms with van der Waals surface area (Å²) in [5.41, 5.74) is 2.45. The lowest BCUT2D eigenvalue weighted by Gasteiger charge is -2.32. The van der Waals surface area contributed by atoms with Crippen molar-refractivity contribution < 1.29 is 9.59 Å². The Kier molecular flexibility index (Phi) is 3.78. The van der Waals surface area contributed by atoms with Crippen LogP contribution >= 0.6 is 11.3 Å². The van der Waals surface area contributed by atoms with Crippen molar-refractivity contribution in [1.29, 1.82) is 0 Å². The summed E-state index contributed by atoms with van der Waals surface area (Å²) in [5, 5.41) is 0.593. The Balaban J connectivity index is 2.01. The summed E-state index contributed by atoms with van der Waals surface area (Å²) < 4.78 is 0. The number of aromatic nitrogens is 1. The number of amides is 2. The van der Waals surface area contributed by atoms with E-state index in [2.05, 4.69) is 10.4 Å². The number of rotatable bonds is 4. The van der Waals surface area contributed by atoms with Gasteiger partial charge in [0.05, 0.1) is 13.1 Å². The van der Waals surface area contributed by atoms with E-state index in [1.165, 1.54) is 11.3 Å². The van der Waals surface area contributed by atoms with Crippen LogP contribution in [0.2, 0.25) is 0 Å². The van der Waals surface area contributed by atoms with Crippen LogP contribution in [0, 0.1) is 0 Å². The molecule has 1 aliphatic heterocycles. The van der Waals surface area contributed by atoms with Gasteiger partial charge >= 0.3 is 0 Å². The van der Waals surface area contributed by atoms with Crippen LogP contribution in [0.15, 0.2) is 6.20 Å². The molecule has 98 valence electrons. The molecule has 2 rings (SSSR count). The van der Waals surface area contributed by atoms with Crippen LogP contribution in [0.25, 0.3) is 0 Å². The van der Waals surface area contributed by atoms with Gasteiger partial charge < -0.3 is 9.80 Å². The van der Waals surface area contributed by atoms with E-state index in [0.29, 0.717) is 18.2 Å². The third-order valence-corrected chi connectivity index (χ3v) is 3.68. The fourth-order valence-electron chi connectivity index (χ4n) is 1.77. The first-order chi connectivity index (χ1) is 8.63. The molecule has 2 heterocycles. The second-order valence-corrected chi connectivity index (χ2v) is 5.05. The van der Waals surface area contributed by atoms with E-state index in [4.69, 9.17) is 5.84 Å². The van der Waals surface area contributed by atoms with Crippen molar-refractivity contribution in [3.63, 3.8) is 0 Å². The second kappa shape index (κ2) is 5.32. The van der Waals surface area contributed by atoms with Gasteiger partial charge in [0.2, 0.25) is 11.8 Å². The largest absolute Gasteiger partial charge is 0.332 e. The molecule has 0 atom stereocenters. The van der Waals surface area contributed by atoms with E-state index in [1.54, 1.807) is 16.0 Å². The lowest BCUT2D eigenvalue weighted by atomic mass is 10.3. The van der Waals surface area contributed by atoms with Gasteiger partial charge in [-0.2, -0.15) is 0 Å². The molecule has 1 saturated heterocycles. The van der Waals surface area contributed by atoms with Gasteiger partial charge in [-0.3, -0.25) is 15.0 Å². The SMILES string of the molecule is CCN1CC(=O)N(Cc2cnc(NN)s2)CC1=O. The maximum atomic E-state index is 11.9. The zero-order valence-electron chi connectivity index (χ0n) is 10.0. The third kappa shape index (κ3) is 2.59. The van der Waals surface area contributed by atoms with Gasteiger partial charge in [-0.15, -0.1) is 0 Å². The standard InChI is InChI=1S/C10H15N5O2S/c1-2-14-5-9(17)15(6-8(14)16)4-7-3-12-10(13-11)18-7/h3H,2,4-6,11H2,1H3,(H,12,13). The van der Waals surface area contributed by atoms with Crippen LogP contribution in [-0.4, -0.2) is 46.2 Å². The van der Waals surface area contributed by atoms with Crippen molar-refractivity contribution in [1.82, 2.24) is 14.8 Å². The third-order valence-electron chi connectivity index (χ3n) is 2.76. The van der Waals surface area contributed by atoms with Crippen molar-refractivity contribution in [3.05, 3.63) is 11.1 Å². The highest BCUT2D eigenvalue weighted by atomic mass is 32.1. The van der Waals surface area contributed by atoms with Gasteiger partial charge in [0.25, 0.3) is 0 Å². The van der Waals surface area contributed by atoms with Gasteiger partial charge in [0, 0.05) is 17.6 Å². The number of nitrogens with two attached hydrogens (primary N) is 1. The molecule has 0 aliphatic carbocycles. The van der Waals surface area contributed by atoms with Gasteiger partial charge in [0.1, 0.15) is 6.54 Å². The molecule has 0 unspecified atom stereocenters. The van der Waals surface area contributed by atoms with E-state index in [0.717, 1.165) is 4.88 Å². The Morgan fingerprint density at radius 3 is 2.67 bits per heavy atom. The summed E-state index contributed by atoms with van der Waals surface area (Å²) in [6.45, 7) is 3.14. The Morgan fingerprint density at radius 2 is 2.06 bits per heavy atom. The molecule has 7 nitrogen and oxygen atoms in total. The molecule has 1 aromatic heterocycles. The zero-order valence-corrected chi connectivity index (χ0v) is 10.9. The molecule has 1 aromatic rings. The molecule has 1 fully saturated rings. The molecule has 0 saturated carbocycles. The second-order valence-electron chi connectivity index (χ2n) is 3.93. The number of hydrogen-bond acceptors (Lipinski definition) is 6. The molecular weight excluding hydrogens is 254 g/mol. The minimum atomic E-state index is -0.0351. The Labute approximate surface area is 109 Å². The number of carbonyl (C=O) groups is 2. The summed E-state index contributed by atoms with van der Waals surface area (Å²) in [7, 11) is 0. The summed E-state index contributed by atoms with van der Waals surface area (Å²) in [5.74, 6) is 5.19. The van der Waals surface area contributed by atoms with Crippen LogP contribution in [-0.2, 0) is 16.1 Å². The first-order valence-corrected chi connectivity index (χ1v) is 6.42. The molecule has 0 radical (unpaired) electrons. The predicted octanol–water partition coefficient (Wildman–Crippen LogP) is -0.381. The van der Waals surface area contributed by atoms with E-state index >= 15 is 0 Å². The summed E-state index contributed by atoms with van der Waals surface area (Å²) in [6, 6.07) is 0. The maximum Gasteiger partial charge on any atom is 0.242 e. The van der Waals surface area contributed by atoms with E-state index in [1.807, 2.05) is 6.92 Å². The summed E-state index contributed by atoms with van der Waals surface area (Å²) in [4.78, 5) is 31.6. The summed E-state index contributed by atoms with van der Waals surface area (Å²) >= 11 is 1.37. The maximum absolute atomic E-state index is 11.9. The van der Waals surface area contributed by atoms with E-state index in [9.17, 15) is 9.59 Å². The molecule has 1 aliphatic rings. The topological polar surface area (TPSA) is 91.6 Å². The number of anilines is 1. The molecule has 18 heavy (non-hydrogen) atoms. The fraction of sp³-hybridized carbons (Fsp3) is 0.500. The highest BCUT2D eigenvalue weighted by Crippen LogP contribution is 2.19. The number of hydrogen-bond donors (Lipinski definition) is 2. The van der Waals surface area contributed by atoms with Crippen LogP contribution in [0.5, 0.6) is 0 Å². The number of likely N-dealkylation sites (N-methyl/N-ethyl adjacent to an activating group) is 1.